The van der Waals surface area contributed by atoms with Crippen molar-refractivity contribution < 1.29 is 14.7 Å². The molecular formula is C36H40O3. The van der Waals surface area contributed by atoms with Crippen LogP contribution in [0, 0.1) is 23.7 Å². The van der Waals surface area contributed by atoms with Crippen LogP contribution < -0.4 is 0 Å². The van der Waals surface area contributed by atoms with Gasteiger partial charge in [-0.2, -0.15) is 0 Å². The van der Waals surface area contributed by atoms with E-state index in [0.29, 0.717) is 24.0 Å². The average molecular weight is 521 g/mol. The predicted octanol–water partition coefficient (Wildman–Crippen LogP) is 7.75. The topological polar surface area (TPSA) is 54.4 Å². The fraction of sp³-hybridized carbons (Fsp3) is 0.389. The van der Waals surface area contributed by atoms with E-state index in [9.17, 15) is 14.7 Å². The lowest BCUT2D eigenvalue weighted by molar-refractivity contribution is -0.121. The van der Waals surface area contributed by atoms with Crippen LogP contribution in [0.1, 0.15) is 57.1 Å². The quantitative estimate of drug-likeness (QED) is 0.283. The van der Waals surface area contributed by atoms with Crippen molar-refractivity contribution in [3.63, 3.8) is 0 Å². The molecule has 3 nitrogen and oxygen atoms in total. The standard InChI is InChI=1S/C18H20O2.C18H20O/c1-12(19)16-10-17(18(20)11-16)9-13-6-7-14-4-2-3-5-15(14)8-13;1-13(19)17-9-7-14(11-17)10-15-6-8-16-4-2-3-5-18(16)12-15/h2-8,16-18,20H,9-11H2,1H3;2-6,8,12,14,17H,7,9-11H2,1H3/t16-,17-,18?;14-,17+/m00/s1. The number of benzene rings is 4. The Bertz CT molecular complexity index is 1450. The predicted molar refractivity (Wildman–Crippen MR) is 160 cm³/mol. The molecule has 5 atom stereocenters. The lowest BCUT2D eigenvalue weighted by Gasteiger charge is -2.14. The maximum atomic E-state index is 11.5. The zero-order valence-corrected chi connectivity index (χ0v) is 23.2. The van der Waals surface area contributed by atoms with E-state index in [1.54, 1.807) is 13.8 Å². The Labute approximate surface area is 232 Å². The molecule has 2 fully saturated rings. The van der Waals surface area contributed by atoms with Crippen LogP contribution in [-0.4, -0.2) is 22.8 Å². The van der Waals surface area contributed by atoms with Gasteiger partial charge in [0.2, 0.25) is 0 Å². The minimum absolute atomic E-state index is 0.0513. The first kappa shape index (κ1) is 27.3. The van der Waals surface area contributed by atoms with E-state index in [1.165, 1.54) is 39.1 Å². The van der Waals surface area contributed by atoms with Crippen LogP contribution in [0.3, 0.4) is 0 Å². The van der Waals surface area contributed by atoms with Crippen LogP contribution in [0.2, 0.25) is 0 Å². The maximum absolute atomic E-state index is 11.5. The molecule has 0 aromatic heterocycles. The number of fused-ring (bicyclic) bond motifs is 2. The van der Waals surface area contributed by atoms with E-state index in [4.69, 9.17) is 0 Å². The number of aliphatic hydroxyl groups excluding tert-OH is 1. The van der Waals surface area contributed by atoms with Crippen LogP contribution in [0.15, 0.2) is 84.9 Å². The lowest BCUT2D eigenvalue weighted by Crippen LogP contribution is -2.15. The summed E-state index contributed by atoms with van der Waals surface area (Å²) in [4.78, 5) is 22.9. The molecule has 0 aliphatic heterocycles. The summed E-state index contributed by atoms with van der Waals surface area (Å²) < 4.78 is 0. The van der Waals surface area contributed by atoms with Gasteiger partial charge < -0.3 is 5.11 Å². The van der Waals surface area contributed by atoms with E-state index in [0.717, 1.165) is 32.1 Å². The number of rotatable bonds is 6. The first-order valence-electron chi connectivity index (χ1n) is 14.5. The molecule has 0 spiro atoms. The number of aliphatic hydroxyl groups is 1. The Morgan fingerprint density at radius 1 is 0.641 bits per heavy atom. The highest BCUT2D eigenvalue weighted by Gasteiger charge is 2.35. The smallest absolute Gasteiger partial charge is 0.133 e. The summed E-state index contributed by atoms with van der Waals surface area (Å²) >= 11 is 0. The Morgan fingerprint density at radius 2 is 1.18 bits per heavy atom. The molecule has 0 saturated heterocycles. The van der Waals surface area contributed by atoms with Crippen molar-refractivity contribution in [1.82, 2.24) is 0 Å². The van der Waals surface area contributed by atoms with Crippen LogP contribution in [0.25, 0.3) is 21.5 Å². The highest BCUT2D eigenvalue weighted by molar-refractivity contribution is 5.84. The zero-order valence-electron chi connectivity index (χ0n) is 23.2. The lowest BCUT2D eigenvalue weighted by atomic mass is 9.93. The van der Waals surface area contributed by atoms with Crippen molar-refractivity contribution in [3.8, 4) is 0 Å². The van der Waals surface area contributed by atoms with Crippen LogP contribution in [0.4, 0.5) is 0 Å². The highest BCUT2D eigenvalue weighted by atomic mass is 16.3. The van der Waals surface area contributed by atoms with E-state index >= 15 is 0 Å². The molecule has 1 N–H and O–H groups in total. The van der Waals surface area contributed by atoms with Crippen LogP contribution in [-0.2, 0) is 22.4 Å². The molecule has 0 bridgehead atoms. The highest BCUT2D eigenvalue weighted by Crippen LogP contribution is 2.35. The summed E-state index contributed by atoms with van der Waals surface area (Å²) in [5.74, 6) is 1.87. The normalized spacial score (nSPS) is 24.4. The van der Waals surface area contributed by atoms with Gasteiger partial charge in [0.1, 0.15) is 11.6 Å². The van der Waals surface area contributed by atoms with E-state index in [1.807, 2.05) is 12.1 Å². The average Bonchev–Trinajstić information content (AvgIpc) is 3.56. The Balaban J connectivity index is 0.000000158. The molecule has 2 saturated carbocycles. The van der Waals surface area contributed by atoms with Crippen molar-refractivity contribution in [2.75, 3.05) is 0 Å². The third kappa shape index (κ3) is 6.83. The maximum Gasteiger partial charge on any atom is 0.133 e. The number of carbonyl (C=O) groups is 2. The van der Waals surface area contributed by atoms with E-state index in [2.05, 4.69) is 72.8 Å². The molecule has 0 amide bonds. The minimum Gasteiger partial charge on any atom is -0.393 e. The second-order valence-electron chi connectivity index (χ2n) is 11.9. The van der Waals surface area contributed by atoms with Gasteiger partial charge in [0.25, 0.3) is 0 Å². The first-order valence-corrected chi connectivity index (χ1v) is 14.5. The molecule has 39 heavy (non-hydrogen) atoms. The monoisotopic (exact) mass is 520 g/mol. The van der Waals surface area contributed by atoms with Crippen LogP contribution >= 0.6 is 0 Å². The molecule has 2 aliphatic carbocycles. The van der Waals surface area contributed by atoms with Gasteiger partial charge in [-0.25, -0.2) is 0 Å². The molecule has 0 radical (unpaired) electrons. The number of carbonyl (C=O) groups excluding carboxylic acids is 2. The molecule has 202 valence electrons. The van der Waals surface area contributed by atoms with Gasteiger partial charge in [-0.05, 0) is 103 Å². The number of Topliss-reactive ketones (excluding diaryl/α,β-unsaturated/α-hetero) is 2. The number of hydrogen-bond donors (Lipinski definition) is 1. The molecule has 0 heterocycles. The number of ketones is 2. The summed E-state index contributed by atoms with van der Waals surface area (Å²) in [6.45, 7) is 3.37. The molecule has 2 aliphatic rings. The fourth-order valence-electron chi connectivity index (χ4n) is 6.65. The van der Waals surface area contributed by atoms with Gasteiger partial charge >= 0.3 is 0 Å². The fourth-order valence-corrected chi connectivity index (χ4v) is 6.65. The van der Waals surface area contributed by atoms with E-state index in [-0.39, 0.29) is 23.7 Å². The molecule has 3 heteroatoms. The summed E-state index contributed by atoms with van der Waals surface area (Å²) in [6.07, 6.45) is 6.48. The summed E-state index contributed by atoms with van der Waals surface area (Å²) in [7, 11) is 0. The van der Waals surface area contributed by atoms with Crippen LogP contribution in [0.5, 0.6) is 0 Å². The largest absolute Gasteiger partial charge is 0.393 e. The van der Waals surface area contributed by atoms with Gasteiger partial charge in [-0.1, -0.05) is 84.9 Å². The van der Waals surface area contributed by atoms with Gasteiger partial charge in [-0.3, -0.25) is 9.59 Å². The van der Waals surface area contributed by atoms with Crippen molar-refractivity contribution >= 4 is 33.1 Å². The van der Waals surface area contributed by atoms with Crippen molar-refractivity contribution in [2.24, 2.45) is 23.7 Å². The second kappa shape index (κ2) is 12.3. The van der Waals surface area contributed by atoms with Crippen molar-refractivity contribution in [3.05, 3.63) is 96.1 Å². The van der Waals surface area contributed by atoms with Gasteiger partial charge in [0.05, 0.1) is 6.10 Å². The first-order chi connectivity index (χ1) is 18.9. The molecule has 4 aromatic carbocycles. The zero-order chi connectivity index (χ0) is 27.4. The summed E-state index contributed by atoms with van der Waals surface area (Å²) in [5.41, 5.74) is 2.66. The number of hydrogen-bond acceptors (Lipinski definition) is 3. The Hall–Kier alpha value is -3.30. The molecular weight excluding hydrogens is 480 g/mol. The van der Waals surface area contributed by atoms with E-state index < -0.39 is 0 Å². The Morgan fingerprint density at radius 3 is 1.69 bits per heavy atom. The van der Waals surface area contributed by atoms with Crippen molar-refractivity contribution in [2.45, 2.75) is 64.9 Å². The molecule has 4 aromatic rings. The molecule has 6 rings (SSSR count). The molecule has 1 unspecified atom stereocenters. The third-order valence-electron chi connectivity index (χ3n) is 9.00. The summed E-state index contributed by atoms with van der Waals surface area (Å²) in [5, 5.41) is 15.2. The van der Waals surface area contributed by atoms with Gasteiger partial charge in [0, 0.05) is 11.8 Å². The minimum atomic E-state index is -0.338. The van der Waals surface area contributed by atoms with Gasteiger partial charge in [0.15, 0.2) is 0 Å². The summed E-state index contributed by atoms with van der Waals surface area (Å²) in [6, 6.07) is 30.0. The Kier molecular flexibility index (Phi) is 8.57. The third-order valence-corrected chi connectivity index (χ3v) is 9.00. The van der Waals surface area contributed by atoms with Crippen molar-refractivity contribution in [1.29, 1.82) is 0 Å². The SMILES string of the molecule is CC(=O)[C@@H]1CC(O)[C@@H](Cc2ccc3ccccc3c2)C1.CC(=O)[C@@H]1CC[C@@H](Cc2ccc3ccccc3c2)C1. The second-order valence-corrected chi connectivity index (χ2v) is 11.9. The van der Waals surface area contributed by atoms with Gasteiger partial charge in [-0.15, -0.1) is 0 Å².